The molecule has 12 aromatic carbocycles. The summed E-state index contributed by atoms with van der Waals surface area (Å²) in [5.41, 5.74) is 3.93. The first kappa shape index (κ1) is 28.9. The maximum Gasteiger partial charge on any atom is 0.0645 e. The van der Waals surface area contributed by atoms with Gasteiger partial charge in [-0.3, -0.25) is 0 Å². The lowest BCUT2D eigenvalue weighted by atomic mass is 9.90. The Balaban J connectivity index is 1.11. The summed E-state index contributed by atoms with van der Waals surface area (Å²) < 4.78 is 118. The van der Waals surface area contributed by atoms with E-state index >= 15 is 0 Å². The Morgan fingerprint density at radius 1 is 0.239 bits per heavy atom. The normalized spacial score (nSPS) is 13.8. The summed E-state index contributed by atoms with van der Waals surface area (Å²) >= 11 is 0. The number of anilines is 3. The van der Waals surface area contributed by atoms with Crippen LogP contribution in [0.1, 0.15) is 16.4 Å². The van der Waals surface area contributed by atoms with Gasteiger partial charge in [-0.15, -0.1) is 0 Å². The molecule has 0 N–H and O–H groups in total. The smallest absolute Gasteiger partial charge is 0.0645 e. The van der Waals surface area contributed by atoms with Crippen LogP contribution >= 0.6 is 0 Å². The maximum atomic E-state index is 9.91. The molecule has 1 heteroatoms. The Hall–Kier alpha value is -8.78. The van der Waals surface area contributed by atoms with Gasteiger partial charge in [0.15, 0.2) is 0 Å². The van der Waals surface area contributed by atoms with Gasteiger partial charge in [-0.25, -0.2) is 0 Å². The molecule has 0 fully saturated rings. The van der Waals surface area contributed by atoms with Crippen LogP contribution in [0.2, 0.25) is 0 Å². The SMILES string of the molecule is [2H]c1c([2H])c(N(c2c([2H])c([2H])c(-c3ccc4c(ccc5ccccc54)c3)c([2H])c2[2H])c2c([2H])c([2H])c(-c3ccc4ccccc4c3-c3ccccc3)c([2H])c2[2H])c([2H])c([2H])c1-c1ccc(-c2ccccc2)c(-c2ccccc2)c1. The lowest BCUT2D eigenvalue weighted by Gasteiger charge is -2.26. The molecule has 0 saturated heterocycles. The van der Waals surface area contributed by atoms with Gasteiger partial charge in [0.05, 0.1) is 16.4 Å². The van der Waals surface area contributed by atoms with E-state index in [-0.39, 0.29) is 16.7 Å². The number of fused-ring (bicyclic) bond motifs is 4. The van der Waals surface area contributed by atoms with Crippen LogP contribution in [0.15, 0.2) is 273 Å². The van der Waals surface area contributed by atoms with E-state index in [9.17, 15) is 16.4 Å². The average Bonchev–Trinajstić information content (AvgIpc) is 3.54. The van der Waals surface area contributed by atoms with E-state index in [1.54, 1.807) is 24.3 Å². The highest BCUT2D eigenvalue weighted by molar-refractivity contribution is 6.08. The summed E-state index contributed by atoms with van der Waals surface area (Å²) in [5.74, 6) is 0. The molecule has 0 aliphatic heterocycles. The van der Waals surface area contributed by atoms with Crippen molar-refractivity contribution in [3.05, 3.63) is 273 Å². The highest BCUT2D eigenvalue weighted by Gasteiger charge is 2.17. The van der Waals surface area contributed by atoms with Crippen LogP contribution < -0.4 is 4.90 Å². The van der Waals surface area contributed by atoms with Crippen molar-refractivity contribution in [1.29, 1.82) is 0 Å². The fourth-order valence-electron chi connectivity index (χ4n) is 9.00. The van der Waals surface area contributed by atoms with Gasteiger partial charge >= 0.3 is 0 Å². The van der Waals surface area contributed by atoms with E-state index in [1.165, 1.54) is 0 Å². The summed E-state index contributed by atoms with van der Waals surface area (Å²) in [6.07, 6.45) is 0. The molecule has 0 aromatic heterocycles. The number of benzene rings is 12. The Kier molecular flexibility index (Phi) is 7.46. The summed E-state index contributed by atoms with van der Waals surface area (Å²) in [7, 11) is 0. The van der Waals surface area contributed by atoms with Crippen molar-refractivity contribution in [1.82, 2.24) is 0 Å². The van der Waals surface area contributed by atoms with Crippen molar-refractivity contribution in [3.63, 3.8) is 0 Å². The van der Waals surface area contributed by atoms with Crippen molar-refractivity contribution in [2.24, 2.45) is 0 Å². The van der Waals surface area contributed by atoms with Crippen LogP contribution in [0, 0.1) is 0 Å². The molecule has 0 saturated carbocycles. The fraction of sp³-hybridized carbons (Fsp3) is 0. The Morgan fingerprint density at radius 2 is 0.657 bits per heavy atom. The predicted molar refractivity (Wildman–Crippen MR) is 286 cm³/mol. The van der Waals surface area contributed by atoms with E-state index in [0.717, 1.165) is 65.0 Å². The van der Waals surface area contributed by atoms with Gasteiger partial charge in [-0.05, 0) is 147 Å². The molecular formula is C66H45N. The van der Waals surface area contributed by atoms with Gasteiger partial charge in [-0.1, -0.05) is 224 Å². The average molecular weight is 864 g/mol. The van der Waals surface area contributed by atoms with Gasteiger partial charge in [0.1, 0.15) is 0 Å². The van der Waals surface area contributed by atoms with Gasteiger partial charge in [0, 0.05) is 17.1 Å². The van der Waals surface area contributed by atoms with Crippen LogP contribution in [0.4, 0.5) is 17.1 Å². The lowest BCUT2D eigenvalue weighted by Crippen LogP contribution is -2.09. The van der Waals surface area contributed by atoms with Crippen LogP contribution in [-0.2, 0) is 0 Å². The van der Waals surface area contributed by atoms with Crippen molar-refractivity contribution >= 4 is 49.4 Å². The van der Waals surface area contributed by atoms with Crippen molar-refractivity contribution in [2.75, 3.05) is 4.90 Å². The minimum Gasteiger partial charge on any atom is -0.311 e. The minimum atomic E-state index is -0.686. The molecule has 0 unspecified atom stereocenters. The quantitative estimate of drug-likeness (QED) is 0.131. The van der Waals surface area contributed by atoms with Gasteiger partial charge in [0.2, 0.25) is 0 Å². The molecule has 12 aromatic rings. The van der Waals surface area contributed by atoms with Gasteiger partial charge in [-0.2, -0.15) is 0 Å². The molecule has 0 spiro atoms. The molecule has 0 aliphatic rings. The fourth-order valence-corrected chi connectivity index (χ4v) is 9.00. The molecule has 0 heterocycles. The summed E-state index contributed by atoms with van der Waals surface area (Å²) in [4.78, 5) is 0.874. The molecule has 0 bridgehead atoms. The van der Waals surface area contributed by atoms with E-state index in [4.69, 9.17) is 0 Å². The molecule has 314 valence electrons. The van der Waals surface area contributed by atoms with Crippen molar-refractivity contribution < 1.29 is 16.4 Å². The first-order valence-corrected chi connectivity index (χ1v) is 22.1. The van der Waals surface area contributed by atoms with Crippen molar-refractivity contribution in [3.8, 4) is 66.8 Å². The number of hydrogen-bond donors (Lipinski definition) is 0. The van der Waals surface area contributed by atoms with E-state index in [1.807, 2.05) is 176 Å². The second kappa shape index (κ2) is 17.3. The van der Waals surface area contributed by atoms with Crippen LogP contribution in [0.5, 0.6) is 0 Å². The first-order valence-electron chi connectivity index (χ1n) is 28.1. The second-order valence-electron chi connectivity index (χ2n) is 16.3. The Morgan fingerprint density at radius 3 is 1.27 bits per heavy atom. The third-order valence-electron chi connectivity index (χ3n) is 12.3. The molecule has 67 heavy (non-hydrogen) atoms. The summed E-state index contributed by atoms with van der Waals surface area (Å²) in [6, 6.07) is 55.3. The number of rotatable bonds is 9. The summed E-state index contributed by atoms with van der Waals surface area (Å²) in [5, 5.41) is 5.40. The Bertz CT molecular complexity index is 4360. The second-order valence-corrected chi connectivity index (χ2v) is 16.3. The van der Waals surface area contributed by atoms with Crippen LogP contribution in [-0.4, -0.2) is 0 Å². The molecule has 1 nitrogen and oxygen atoms in total. The molecule has 0 amide bonds. The molecule has 0 radical (unpaired) electrons. The van der Waals surface area contributed by atoms with Crippen LogP contribution in [0.25, 0.3) is 99.1 Å². The zero-order valence-electron chi connectivity index (χ0n) is 48.0. The minimum absolute atomic E-state index is 0.0588. The topological polar surface area (TPSA) is 3.24 Å². The van der Waals surface area contributed by atoms with E-state index in [2.05, 4.69) is 0 Å². The highest BCUT2D eigenvalue weighted by atomic mass is 15.1. The van der Waals surface area contributed by atoms with E-state index in [0.29, 0.717) is 22.3 Å². The monoisotopic (exact) mass is 863 g/mol. The number of nitrogens with zero attached hydrogens (tertiary/aromatic N) is 1. The van der Waals surface area contributed by atoms with Gasteiger partial charge < -0.3 is 4.90 Å². The predicted octanol–water partition coefficient (Wildman–Crippen LogP) is 18.6. The van der Waals surface area contributed by atoms with E-state index < -0.39 is 89.6 Å². The molecule has 12 rings (SSSR count). The lowest BCUT2D eigenvalue weighted by molar-refractivity contribution is 1.28. The zero-order chi connectivity index (χ0) is 55.0. The third-order valence-corrected chi connectivity index (χ3v) is 12.3. The first-order chi connectivity index (χ1) is 38.2. The molecule has 0 atom stereocenters. The largest absolute Gasteiger partial charge is 0.311 e. The molecule has 0 aliphatic carbocycles. The number of hydrogen-bond acceptors (Lipinski definition) is 1. The summed E-state index contributed by atoms with van der Waals surface area (Å²) in [6.45, 7) is 0. The zero-order valence-corrected chi connectivity index (χ0v) is 36.0. The maximum absolute atomic E-state index is 9.91. The third kappa shape index (κ3) is 7.63. The highest BCUT2D eigenvalue weighted by Crippen LogP contribution is 2.42. The standard InChI is InChI=1S/C66H45N/c1-4-14-48(15-5-1)61-41-34-55(45-65(61)49-16-6-2-7-17-49)47-28-37-58(38-29-47)67(57-35-26-46(27-36-57)54-33-42-62-56(44-54)25-24-50-18-10-12-22-60(50)62)59-39-30-52(31-40-59)64-43-32-51-19-11-13-23-63(51)66(64)53-20-8-3-9-21-53/h1-45H/i26D,27D,28D,29D,30D,31D,35D,36D,37D,38D,39D,40D. The molecular weight excluding hydrogens is 807 g/mol. The van der Waals surface area contributed by atoms with Gasteiger partial charge in [0.25, 0.3) is 0 Å². The Labute approximate surface area is 409 Å². The van der Waals surface area contributed by atoms with Crippen LogP contribution in [0.3, 0.4) is 0 Å². The van der Waals surface area contributed by atoms with Crippen molar-refractivity contribution in [2.45, 2.75) is 0 Å².